The molecule has 1 fully saturated rings. The van der Waals surface area contributed by atoms with Crippen LogP contribution in [0.2, 0.25) is 0 Å². The van der Waals surface area contributed by atoms with Gasteiger partial charge in [0, 0.05) is 26.8 Å². The number of amides is 2. The minimum atomic E-state index is -0.951. The van der Waals surface area contributed by atoms with Crippen molar-refractivity contribution < 1.29 is 24.2 Å². The zero-order valence-electron chi connectivity index (χ0n) is 11.3. The normalized spacial score (nSPS) is 23.9. The molecule has 2 amide bonds. The standard InChI is InChI=1S/C12H22N2O5/c1-18-9-4-3-8(5-9)14-12(17)13-7-10(19-2)6-11(15)16/h8-10H,3-7H2,1-2H3,(H,15,16)(H2,13,14,17). The van der Waals surface area contributed by atoms with Crippen LogP contribution in [0.5, 0.6) is 0 Å². The summed E-state index contributed by atoms with van der Waals surface area (Å²) < 4.78 is 10.2. The average molecular weight is 274 g/mol. The van der Waals surface area contributed by atoms with E-state index in [-0.39, 0.29) is 31.1 Å². The van der Waals surface area contributed by atoms with Gasteiger partial charge in [-0.1, -0.05) is 0 Å². The SMILES string of the molecule is COC(CNC(=O)NC1CCC(OC)C1)CC(=O)O. The van der Waals surface area contributed by atoms with Crippen molar-refractivity contribution in [1.29, 1.82) is 0 Å². The Morgan fingerprint density at radius 1 is 1.37 bits per heavy atom. The number of methoxy groups -OCH3 is 2. The average Bonchev–Trinajstić information content (AvgIpc) is 2.81. The Kier molecular flexibility index (Phi) is 6.58. The van der Waals surface area contributed by atoms with Gasteiger partial charge < -0.3 is 25.2 Å². The topological polar surface area (TPSA) is 96.9 Å². The summed E-state index contributed by atoms with van der Waals surface area (Å²) in [5, 5.41) is 14.1. The van der Waals surface area contributed by atoms with E-state index in [9.17, 15) is 9.59 Å². The predicted molar refractivity (Wildman–Crippen MR) is 68.0 cm³/mol. The summed E-state index contributed by atoms with van der Waals surface area (Å²) in [6, 6.07) is -0.181. The van der Waals surface area contributed by atoms with Gasteiger partial charge in [0.15, 0.2) is 0 Å². The molecule has 0 aromatic heterocycles. The lowest BCUT2D eigenvalue weighted by molar-refractivity contribution is -0.139. The molecule has 0 aliphatic heterocycles. The van der Waals surface area contributed by atoms with Crippen LogP contribution >= 0.6 is 0 Å². The highest BCUT2D eigenvalue weighted by atomic mass is 16.5. The van der Waals surface area contributed by atoms with Crippen molar-refractivity contribution >= 4 is 12.0 Å². The summed E-state index contributed by atoms with van der Waals surface area (Å²) in [6.07, 6.45) is 2.22. The Bertz CT molecular complexity index is 310. The van der Waals surface area contributed by atoms with E-state index < -0.39 is 12.1 Å². The Balaban J connectivity index is 2.22. The van der Waals surface area contributed by atoms with Crippen LogP contribution in [0.4, 0.5) is 4.79 Å². The highest BCUT2D eigenvalue weighted by Crippen LogP contribution is 2.21. The summed E-state index contributed by atoms with van der Waals surface area (Å²) >= 11 is 0. The Hall–Kier alpha value is -1.34. The van der Waals surface area contributed by atoms with Gasteiger partial charge in [-0.25, -0.2) is 4.79 Å². The molecule has 0 spiro atoms. The molecule has 7 heteroatoms. The fourth-order valence-electron chi connectivity index (χ4n) is 2.16. The molecule has 3 unspecified atom stereocenters. The molecular formula is C12H22N2O5. The number of rotatable bonds is 7. The van der Waals surface area contributed by atoms with Gasteiger partial charge >= 0.3 is 12.0 Å². The first-order valence-electron chi connectivity index (χ1n) is 6.37. The van der Waals surface area contributed by atoms with Gasteiger partial charge in [0.2, 0.25) is 0 Å². The molecule has 19 heavy (non-hydrogen) atoms. The molecule has 3 atom stereocenters. The molecule has 0 heterocycles. The van der Waals surface area contributed by atoms with E-state index in [1.807, 2.05) is 0 Å². The Labute approximate surface area is 112 Å². The molecule has 0 aromatic rings. The maximum Gasteiger partial charge on any atom is 0.315 e. The molecule has 1 saturated carbocycles. The van der Waals surface area contributed by atoms with Crippen molar-refractivity contribution in [2.75, 3.05) is 20.8 Å². The molecule has 0 saturated heterocycles. The minimum absolute atomic E-state index is 0.116. The van der Waals surface area contributed by atoms with Crippen LogP contribution in [-0.4, -0.2) is 56.1 Å². The van der Waals surface area contributed by atoms with Crippen LogP contribution in [0.1, 0.15) is 25.7 Å². The lowest BCUT2D eigenvalue weighted by Gasteiger charge is -2.17. The number of hydrogen-bond acceptors (Lipinski definition) is 4. The maximum absolute atomic E-state index is 11.6. The number of carboxylic acids is 1. The van der Waals surface area contributed by atoms with Gasteiger partial charge in [0.1, 0.15) is 0 Å². The van der Waals surface area contributed by atoms with Gasteiger partial charge in [-0.15, -0.1) is 0 Å². The van der Waals surface area contributed by atoms with Gasteiger partial charge in [0.25, 0.3) is 0 Å². The number of aliphatic carboxylic acids is 1. The molecule has 3 N–H and O–H groups in total. The van der Waals surface area contributed by atoms with E-state index in [4.69, 9.17) is 14.6 Å². The number of carboxylic acid groups (broad SMARTS) is 1. The lowest BCUT2D eigenvalue weighted by Crippen LogP contribution is -2.44. The molecule has 7 nitrogen and oxygen atoms in total. The van der Waals surface area contributed by atoms with Gasteiger partial charge in [-0.05, 0) is 19.3 Å². The van der Waals surface area contributed by atoms with E-state index in [1.165, 1.54) is 7.11 Å². The van der Waals surface area contributed by atoms with Crippen LogP contribution in [0.3, 0.4) is 0 Å². The highest BCUT2D eigenvalue weighted by Gasteiger charge is 2.25. The first-order valence-corrected chi connectivity index (χ1v) is 6.37. The van der Waals surface area contributed by atoms with E-state index in [2.05, 4.69) is 10.6 Å². The van der Waals surface area contributed by atoms with Gasteiger partial charge in [0.05, 0.1) is 18.6 Å². The maximum atomic E-state index is 11.6. The van der Waals surface area contributed by atoms with Crippen molar-refractivity contribution in [1.82, 2.24) is 10.6 Å². The van der Waals surface area contributed by atoms with Crippen molar-refractivity contribution in [3.05, 3.63) is 0 Å². The largest absolute Gasteiger partial charge is 0.481 e. The Morgan fingerprint density at radius 3 is 2.63 bits per heavy atom. The molecule has 1 rings (SSSR count). The van der Waals surface area contributed by atoms with Crippen LogP contribution < -0.4 is 10.6 Å². The second-order valence-electron chi connectivity index (χ2n) is 4.68. The Morgan fingerprint density at radius 2 is 2.11 bits per heavy atom. The third-order valence-corrected chi connectivity index (χ3v) is 3.28. The highest BCUT2D eigenvalue weighted by molar-refractivity contribution is 5.74. The van der Waals surface area contributed by atoms with Crippen LogP contribution in [0.25, 0.3) is 0 Å². The first kappa shape index (κ1) is 15.7. The van der Waals surface area contributed by atoms with Crippen molar-refractivity contribution in [3.8, 4) is 0 Å². The summed E-state index contributed by atoms with van der Waals surface area (Å²) in [5.41, 5.74) is 0. The minimum Gasteiger partial charge on any atom is -0.481 e. The summed E-state index contributed by atoms with van der Waals surface area (Å²) in [7, 11) is 3.09. The fourth-order valence-corrected chi connectivity index (χ4v) is 2.16. The number of urea groups is 1. The number of nitrogens with one attached hydrogen (secondary N) is 2. The summed E-state index contributed by atoms with van der Waals surface area (Å²) in [4.78, 5) is 22.2. The summed E-state index contributed by atoms with van der Waals surface area (Å²) in [6.45, 7) is 0.176. The molecule has 110 valence electrons. The molecular weight excluding hydrogens is 252 g/mol. The van der Waals surface area contributed by atoms with Gasteiger partial charge in [-0.3, -0.25) is 4.79 Å². The van der Waals surface area contributed by atoms with Crippen molar-refractivity contribution in [2.45, 2.75) is 43.9 Å². The quantitative estimate of drug-likeness (QED) is 0.622. The van der Waals surface area contributed by atoms with E-state index in [1.54, 1.807) is 7.11 Å². The van der Waals surface area contributed by atoms with Crippen LogP contribution in [0, 0.1) is 0 Å². The van der Waals surface area contributed by atoms with Crippen LogP contribution in [-0.2, 0) is 14.3 Å². The number of carbonyl (C=O) groups excluding carboxylic acids is 1. The lowest BCUT2D eigenvalue weighted by atomic mass is 10.2. The summed E-state index contributed by atoms with van der Waals surface area (Å²) in [5.74, 6) is -0.951. The smallest absolute Gasteiger partial charge is 0.315 e. The van der Waals surface area contributed by atoms with E-state index in [0.29, 0.717) is 0 Å². The number of carbonyl (C=O) groups is 2. The second kappa shape index (κ2) is 7.96. The third kappa shape index (κ3) is 5.89. The fraction of sp³-hybridized carbons (Fsp3) is 0.833. The zero-order valence-corrected chi connectivity index (χ0v) is 11.3. The molecule has 0 bridgehead atoms. The molecule has 1 aliphatic rings. The van der Waals surface area contributed by atoms with E-state index in [0.717, 1.165) is 19.3 Å². The van der Waals surface area contributed by atoms with Gasteiger partial charge in [-0.2, -0.15) is 0 Å². The molecule has 0 aromatic carbocycles. The van der Waals surface area contributed by atoms with Crippen molar-refractivity contribution in [2.24, 2.45) is 0 Å². The number of ether oxygens (including phenoxy) is 2. The molecule has 0 radical (unpaired) electrons. The third-order valence-electron chi connectivity index (χ3n) is 3.28. The predicted octanol–water partition coefficient (Wildman–Crippen LogP) is 0.343. The van der Waals surface area contributed by atoms with Crippen LogP contribution in [0.15, 0.2) is 0 Å². The van der Waals surface area contributed by atoms with Crippen molar-refractivity contribution in [3.63, 3.8) is 0 Å². The number of hydrogen-bond donors (Lipinski definition) is 3. The molecule has 1 aliphatic carbocycles. The first-order chi connectivity index (χ1) is 9.05. The zero-order chi connectivity index (χ0) is 14.3. The monoisotopic (exact) mass is 274 g/mol. The van der Waals surface area contributed by atoms with E-state index >= 15 is 0 Å². The second-order valence-corrected chi connectivity index (χ2v) is 4.68.